The second-order valence-corrected chi connectivity index (χ2v) is 6.70. The molecule has 0 amide bonds. The Labute approximate surface area is 117 Å². The first kappa shape index (κ1) is 14.7. The molecule has 20 heavy (non-hydrogen) atoms. The maximum atomic E-state index is 12.9. The van der Waals surface area contributed by atoms with Gasteiger partial charge in [0.2, 0.25) is 0 Å². The van der Waals surface area contributed by atoms with Crippen molar-refractivity contribution < 1.29 is 17.9 Å². The Morgan fingerprint density at radius 2 is 1.60 bits per heavy atom. The molecule has 0 bridgehead atoms. The molecule has 106 valence electrons. The van der Waals surface area contributed by atoms with Crippen LogP contribution in [0.3, 0.4) is 0 Å². The lowest BCUT2D eigenvalue weighted by molar-refractivity contribution is 0.291. The fourth-order valence-electron chi connectivity index (χ4n) is 2.01. The molecule has 0 aromatic heterocycles. The van der Waals surface area contributed by atoms with E-state index in [4.69, 9.17) is 0 Å². The van der Waals surface area contributed by atoms with Crippen molar-refractivity contribution in [3.63, 3.8) is 0 Å². The molecule has 0 spiro atoms. The lowest BCUT2D eigenvalue weighted by Gasteiger charge is -2.15. The maximum Gasteiger partial charge on any atom is 0.163 e. The van der Waals surface area contributed by atoms with Gasteiger partial charge in [-0.3, -0.25) is 0 Å². The summed E-state index contributed by atoms with van der Waals surface area (Å²) in [7, 11) is -3.56. The molecule has 2 aromatic rings. The first-order chi connectivity index (χ1) is 9.53. The van der Waals surface area contributed by atoms with E-state index in [1.807, 2.05) is 0 Å². The highest BCUT2D eigenvalue weighted by molar-refractivity contribution is 7.90. The smallest absolute Gasteiger partial charge is 0.163 e. The highest BCUT2D eigenvalue weighted by Crippen LogP contribution is 2.25. The summed E-state index contributed by atoms with van der Waals surface area (Å²) in [5, 5.41) is 8.35. The van der Waals surface area contributed by atoms with Gasteiger partial charge in [-0.05, 0) is 23.3 Å². The molecule has 1 N–H and O–H groups in total. The van der Waals surface area contributed by atoms with Crippen molar-refractivity contribution in [1.29, 1.82) is 0 Å². The van der Waals surface area contributed by atoms with Crippen molar-refractivity contribution in [3.8, 4) is 0 Å². The number of benzene rings is 2. The van der Waals surface area contributed by atoms with E-state index < -0.39 is 27.5 Å². The number of sulfone groups is 1. The van der Waals surface area contributed by atoms with E-state index in [9.17, 15) is 17.9 Å². The summed E-state index contributed by atoms with van der Waals surface area (Å²) >= 11 is 0. The van der Waals surface area contributed by atoms with Crippen LogP contribution >= 0.6 is 0 Å². The van der Waals surface area contributed by atoms with E-state index in [0.717, 1.165) is 0 Å². The highest BCUT2D eigenvalue weighted by Gasteiger charge is 2.26. The zero-order valence-electron chi connectivity index (χ0n) is 10.7. The summed E-state index contributed by atoms with van der Waals surface area (Å²) in [4.78, 5) is 0. The van der Waals surface area contributed by atoms with Crippen molar-refractivity contribution >= 4 is 9.84 Å². The SMILES string of the molecule is O=S(=O)(Cc1ccccc1)C(CO)c1ccc(F)cc1. The predicted octanol–water partition coefficient (Wildman–Crippen LogP) is 2.47. The van der Waals surface area contributed by atoms with Crippen molar-refractivity contribution in [2.75, 3.05) is 6.61 Å². The Kier molecular flexibility index (Phi) is 4.52. The topological polar surface area (TPSA) is 54.4 Å². The van der Waals surface area contributed by atoms with Gasteiger partial charge in [-0.25, -0.2) is 12.8 Å². The van der Waals surface area contributed by atoms with Gasteiger partial charge in [0, 0.05) is 0 Å². The molecule has 0 aliphatic heterocycles. The van der Waals surface area contributed by atoms with Gasteiger partial charge in [0.05, 0.1) is 12.4 Å². The minimum atomic E-state index is -3.56. The largest absolute Gasteiger partial charge is 0.395 e. The molecule has 0 aliphatic carbocycles. The Morgan fingerprint density at radius 1 is 1.00 bits per heavy atom. The Hall–Kier alpha value is -1.72. The predicted molar refractivity (Wildman–Crippen MR) is 75.3 cm³/mol. The number of aliphatic hydroxyl groups excluding tert-OH is 1. The normalized spacial score (nSPS) is 13.1. The van der Waals surface area contributed by atoms with E-state index >= 15 is 0 Å². The second-order valence-electron chi connectivity index (χ2n) is 4.52. The molecule has 3 nitrogen and oxygen atoms in total. The van der Waals surface area contributed by atoms with Gasteiger partial charge < -0.3 is 5.11 Å². The van der Waals surface area contributed by atoms with Crippen molar-refractivity contribution in [2.45, 2.75) is 11.0 Å². The van der Waals surface area contributed by atoms with E-state index in [1.54, 1.807) is 30.3 Å². The summed E-state index contributed by atoms with van der Waals surface area (Å²) in [5.74, 6) is -0.595. The minimum absolute atomic E-state index is 0.156. The third-order valence-electron chi connectivity index (χ3n) is 3.05. The fraction of sp³-hybridized carbons (Fsp3) is 0.200. The standard InChI is InChI=1S/C15H15FO3S/c16-14-8-6-13(7-9-14)15(10-17)20(18,19)11-12-4-2-1-3-5-12/h1-9,15,17H,10-11H2. The van der Waals surface area contributed by atoms with E-state index in [2.05, 4.69) is 0 Å². The molecule has 0 fully saturated rings. The van der Waals surface area contributed by atoms with Gasteiger partial charge >= 0.3 is 0 Å². The van der Waals surface area contributed by atoms with Gasteiger partial charge in [0.25, 0.3) is 0 Å². The van der Waals surface area contributed by atoms with Crippen molar-refractivity contribution in [3.05, 3.63) is 71.5 Å². The number of aliphatic hydroxyl groups is 1. The third kappa shape index (κ3) is 3.43. The average Bonchev–Trinajstić information content (AvgIpc) is 2.42. The highest BCUT2D eigenvalue weighted by atomic mass is 32.2. The number of halogens is 1. The molecule has 1 unspecified atom stereocenters. The molecular formula is C15H15FO3S. The lowest BCUT2D eigenvalue weighted by Crippen LogP contribution is -2.19. The third-order valence-corrected chi connectivity index (χ3v) is 5.08. The molecule has 2 aromatic carbocycles. The molecule has 5 heteroatoms. The van der Waals surface area contributed by atoms with Crippen LogP contribution in [0.1, 0.15) is 16.4 Å². The number of hydrogen-bond acceptors (Lipinski definition) is 3. The van der Waals surface area contributed by atoms with Crippen molar-refractivity contribution in [1.82, 2.24) is 0 Å². The first-order valence-corrected chi connectivity index (χ1v) is 7.86. The zero-order chi connectivity index (χ0) is 14.6. The summed E-state index contributed by atoms with van der Waals surface area (Å²) in [6.45, 7) is -0.527. The van der Waals surface area contributed by atoms with E-state index in [0.29, 0.717) is 11.1 Å². The fourth-order valence-corrected chi connectivity index (χ4v) is 3.67. The van der Waals surface area contributed by atoms with Crippen LogP contribution in [0.2, 0.25) is 0 Å². The molecule has 0 aliphatic rings. The Bertz CT molecular complexity index is 651. The van der Waals surface area contributed by atoms with Crippen LogP contribution in [0, 0.1) is 5.82 Å². The van der Waals surface area contributed by atoms with Crippen LogP contribution < -0.4 is 0 Å². The van der Waals surface area contributed by atoms with E-state index in [-0.39, 0.29) is 5.75 Å². The first-order valence-electron chi connectivity index (χ1n) is 6.15. The van der Waals surface area contributed by atoms with E-state index in [1.165, 1.54) is 24.3 Å². The van der Waals surface area contributed by atoms with Crippen LogP contribution in [0.4, 0.5) is 4.39 Å². The van der Waals surface area contributed by atoms with Gasteiger partial charge in [-0.15, -0.1) is 0 Å². The number of rotatable bonds is 5. The number of hydrogen-bond donors (Lipinski definition) is 1. The molecule has 0 saturated carbocycles. The summed E-state index contributed by atoms with van der Waals surface area (Å²) < 4.78 is 37.6. The lowest BCUT2D eigenvalue weighted by atomic mass is 10.1. The van der Waals surface area contributed by atoms with Crippen LogP contribution in [-0.2, 0) is 15.6 Å². The van der Waals surface area contributed by atoms with Gasteiger partial charge in [-0.2, -0.15) is 0 Å². The molecular weight excluding hydrogens is 279 g/mol. The molecule has 0 radical (unpaired) electrons. The van der Waals surface area contributed by atoms with Crippen LogP contribution in [0.5, 0.6) is 0 Å². The quantitative estimate of drug-likeness (QED) is 0.921. The molecule has 0 saturated heterocycles. The molecule has 2 rings (SSSR count). The average molecular weight is 294 g/mol. The van der Waals surface area contributed by atoms with Gasteiger partial charge in [0.1, 0.15) is 11.1 Å². The minimum Gasteiger partial charge on any atom is -0.395 e. The Morgan fingerprint density at radius 3 is 2.15 bits per heavy atom. The zero-order valence-corrected chi connectivity index (χ0v) is 11.6. The summed E-state index contributed by atoms with van der Waals surface area (Å²) in [6, 6.07) is 13.9. The Balaban J connectivity index is 2.28. The molecule has 0 heterocycles. The summed E-state index contributed by atoms with van der Waals surface area (Å²) in [5.41, 5.74) is 1.05. The van der Waals surface area contributed by atoms with Crippen LogP contribution in [-0.4, -0.2) is 20.1 Å². The summed E-state index contributed by atoms with van der Waals surface area (Å²) in [6.07, 6.45) is 0. The maximum absolute atomic E-state index is 12.9. The monoisotopic (exact) mass is 294 g/mol. The van der Waals surface area contributed by atoms with Crippen LogP contribution in [0.15, 0.2) is 54.6 Å². The van der Waals surface area contributed by atoms with Gasteiger partial charge in [-0.1, -0.05) is 42.5 Å². The van der Waals surface area contributed by atoms with Crippen LogP contribution in [0.25, 0.3) is 0 Å². The van der Waals surface area contributed by atoms with Gasteiger partial charge in [0.15, 0.2) is 9.84 Å². The van der Waals surface area contributed by atoms with Crippen molar-refractivity contribution in [2.24, 2.45) is 0 Å². The second kappa shape index (κ2) is 6.15. The molecule has 1 atom stereocenters.